The van der Waals surface area contributed by atoms with Crippen molar-refractivity contribution in [1.29, 1.82) is 0 Å². The van der Waals surface area contributed by atoms with Crippen molar-refractivity contribution < 1.29 is 20.1 Å². The smallest absolute Gasteiger partial charge is 0.106 e. The number of hydrogen-bond acceptors (Lipinski definition) is 4. The first-order valence-corrected chi connectivity index (χ1v) is 4.25. The fourth-order valence-electron chi connectivity index (χ4n) is 1.57. The first kappa shape index (κ1) is 9.92. The van der Waals surface area contributed by atoms with Crippen LogP contribution < -0.4 is 0 Å². The van der Waals surface area contributed by atoms with Crippen LogP contribution in [0.4, 0.5) is 0 Å². The maximum atomic E-state index is 9.40. The molecule has 0 aromatic rings. The summed E-state index contributed by atoms with van der Waals surface area (Å²) in [7, 11) is 0. The molecule has 72 valence electrons. The average molecular weight is 176 g/mol. The highest BCUT2D eigenvalue weighted by Gasteiger charge is 2.39. The zero-order valence-corrected chi connectivity index (χ0v) is 7.18. The maximum absolute atomic E-state index is 9.40. The molecule has 1 fully saturated rings. The largest absolute Gasteiger partial charge is 0.394 e. The van der Waals surface area contributed by atoms with E-state index in [0.29, 0.717) is 6.42 Å². The maximum Gasteiger partial charge on any atom is 0.106 e. The summed E-state index contributed by atoms with van der Waals surface area (Å²) in [5.74, 6) is 0.0729. The molecule has 0 aliphatic heterocycles. The second kappa shape index (κ2) is 4.18. The fourth-order valence-corrected chi connectivity index (χ4v) is 1.57. The minimum Gasteiger partial charge on any atom is -0.394 e. The van der Waals surface area contributed by atoms with Crippen molar-refractivity contribution in [2.24, 2.45) is 5.92 Å². The molecular weight excluding hydrogens is 160 g/mol. The molecule has 4 nitrogen and oxygen atoms in total. The Morgan fingerprint density at radius 3 is 2.42 bits per heavy atom. The predicted molar refractivity (Wildman–Crippen MR) is 42.6 cm³/mol. The molecular formula is C8H16O4. The summed E-state index contributed by atoms with van der Waals surface area (Å²) >= 11 is 0. The normalized spacial score (nSPS) is 42.0. The lowest BCUT2D eigenvalue weighted by molar-refractivity contribution is -0.0627. The van der Waals surface area contributed by atoms with E-state index >= 15 is 0 Å². The summed E-state index contributed by atoms with van der Waals surface area (Å²) in [6.07, 6.45) is -1.15. The van der Waals surface area contributed by atoms with Crippen LogP contribution >= 0.6 is 0 Å². The molecule has 0 heterocycles. The van der Waals surface area contributed by atoms with Gasteiger partial charge in [-0.15, -0.1) is 0 Å². The summed E-state index contributed by atoms with van der Waals surface area (Å²) in [5, 5.41) is 27.2. The van der Waals surface area contributed by atoms with E-state index in [1.54, 1.807) is 0 Å². The van der Waals surface area contributed by atoms with Gasteiger partial charge in [0.05, 0.1) is 25.4 Å². The van der Waals surface area contributed by atoms with Gasteiger partial charge in [0.15, 0.2) is 0 Å². The molecule has 0 spiro atoms. The van der Waals surface area contributed by atoms with Gasteiger partial charge in [-0.1, -0.05) is 6.92 Å². The molecule has 1 saturated carbocycles. The molecule has 1 aliphatic carbocycles. The molecule has 0 unspecified atom stereocenters. The number of hydrogen-bond donors (Lipinski definition) is 3. The van der Waals surface area contributed by atoms with Crippen molar-refractivity contribution in [1.82, 2.24) is 0 Å². The van der Waals surface area contributed by atoms with E-state index in [-0.39, 0.29) is 25.2 Å². The zero-order valence-electron chi connectivity index (χ0n) is 7.18. The standard InChI is InChI=1S/C8H16O4/c1-5-4-6(12-3-2-9)8(11)7(5)10/h5-11H,2-4H2,1H3/t5-,6+,7+,8-/m1/s1. The Labute approximate surface area is 71.8 Å². The minimum absolute atomic E-state index is 0.0479. The van der Waals surface area contributed by atoms with E-state index in [1.165, 1.54) is 0 Å². The lowest BCUT2D eigenvalue weighted by Gasteiger charge is -2.16. The van der Waals surface area contributed by atoms with Crippen LogP contribution in [-0.2, 0) is 4.74 Å². The van der Waals surface area contributed by atoms with Gasteiger partial charge in [0.1, 0.15) is 6.10 Å². The first-order valence-electron chi connectivity index (χ1n) is 4.25. The van der Waals surface area contributed by atoms with E-state index in [1.807, 2.05) is 6.92 Å². The van der Waals surface area contributed by atoms with Gasteiger partial charge < -0.3 is 20.1 Å². The second-order valence-electron chi connectivity index (χ2n) is 3.33. The Morgan fingerprint density at radius 2 is 2.00 bits per heavy atom. The number of aliphatic hydroxyl groups is 3. The van der Waals surface area contributed by atoms with Crippen LogP contribution in [0, 0.1) is 5.92 Å². The summed E-state index contributed by atoms with van der Waals surface area (Å²) in [5.41, 5.74) is 0. The van der Waals surface area contributed by atoms with Crippen molar-refractivity contribution >= 4 is 0 Å². The SMILES string of the molecule is C[C@@H]1C[C@H](OCCO)[C@@H](O)[C@H]1O. The van der Waals surface area contributed by atoms with Gasteiger partial charge in [-0.25, -0.2) is 0 Å². The third-order valence-electron chi connectivity index (χ3n) is 2.34. The van der Waals surface area contributed by atoms with Crippen LogP contribution in [0.3, 0.4) is 0 Å². The molecule has 0 amide bonds. The molecule has 4 atom stereocenters. The molecule has 0 radical (unpaired) electrons. The zero-order chi connectivity index (χ0) is 9.14. The van der Waals surface area contributed by atoms with Gasteiger partial charge in [0.2, 0.25) is 0 Å². The van der Waals surface area contributed by atoms with Crippen LogP contribution in [0.15, 0.2) is 0 Å². The monoisotopic (exact) mass is 176 g/mol. The van der Waals surface area contributed by atoms with E-state index < -0.39 is 12.2 Å². The third kappa shape index (κ3) is 1.95. The molecule has 1 rings (SSSR count). The average Bonchev–Trinajstić information content (AvgIpc) is 2.30. The van der Waals surface area contributed by atoms with Gasteiger partial charge in [0.25, 0.3) is 0 Å². The Morgan fingerprint density at radius 1 is 1.33 bits per heavy atom. The quantitative estimate of drug-likeness (QED) is 0.522. The van der Waals surface area contributed by atoms with Crippen molar-refractivity contribution in [3.8, 4) is 0 Å². The van der Waals surface area contributed by atoms with Crippen LogP contribution in [0.2, 0.25) is 0 Å². The number of aliphatic hydroxyl groups excluding tert-OH is 3. The van der Waals surface area contributed by atoms with Crippen LogP contribution in [0.1, 0.15) is 13.3 Å². The van der Waals surface area contributed by atoms with E-state index in [9.17, 15) is 10.2 Å². The van der Waals surface area contributed by atoms with Gasteiger partial charge in [-0.3, -0.25) is 0 Å². The molecule has 0 aromatic heterocycles. The fraction of sp³-hybridized carbons (Fsp3) is 1.00. The van der Waals surface area contributed by atoms with Crippen LogP contribution in [0.25, 0.3) is 0 Å². The molecule has 4 heteroatoms. The lowest BCUT2D eigenvalue weighted by atomic mass is 10.1. The van der Waals surface area contributed by atoms with E-state index in [0.717, 1.165) is 0 Å². The van der Waals surface area contributed by atoms with Crippen LogP contribution in [-0.4, -0.2) is 46.8 Å². The number of rotatable bonds is 3. The summed E-state index contributed by atoms with van der Waals surface area (Å²) < 4.78 is 5.15. The second-order valence-corrected chi connectivity index (χ2v) is 3.33. The van der Waals surface area contributed by atoms with E-state index in [4.69, 9.17) is 9.84 Å². The van der Waals surface area contributed by atoms with Gasteiger partial charge in [-0.05, 0) is 12.3 Å². The number of ether oxygens (including phenoxy) is 1. The van der Waals surface area contributed by atoms with Crippen molar-refractivity contribution in [2.45, 2.75) is 31.7 Å². The molecule has 3 N–H and O–H groups in total. The summed E-state index contributed by atoms with van der Waals surface area (Å²) in [4.78, 5) is 0. The highest BCUT2D eigenvalue weighted by Crippen LogP contribution is 2.28. The Balaban J connectivity index is 2.36. The van der Waals surface area contributed by atoms with E-state index in [2.05, 4.69) is 0 Å². The van der Waals surface area contributed by atoms with Crippen molar-refractivity contribution in [3.05, 3.63) is 0 Å². The summed E-state index contributed by atoms with van der Waals surface area (Å²) in [6, 6.07) is 0. The molecule has 1 aliphatic rings. The predicted octanol–water partition coefficient (Wildman–Crippen LogP) is -0.875. The lowest BCUT2D eigenvalue weighted by Crippen LogP contribution is -2.32. The van der Waals surface area contributed by atoms with Gasteiger partial charge in [-0.2, -0.15) is 0 Å². The van der Waals surface area contributed by atoms with Gasteiger partial charge >= 0.3 is 0 Å². The molecule has 0 saturated heterocycles. The molecule has 0 aromatic carbocycles. The van der Waals surface area contributed by atoms with Crippen molar-refractivity contribution in [2.75, 3.05) is 13.2 Å². The highest BCUT2D eigenvalue weighted by atomic mass is 16.5. The minimum atomic E-state index is -0.799. The summed E-state index contributed by atoms with van der Waals surface area (Å²) in [6.45, 7) is 2.05. The van der Waals surface area contributed by atoms with Crippen LogP contribution in [0.5, 0.6) is 0 Å². The van der Waals surface area contributed by atoms with Gasteiger partial charge in [0, 0.05) is 0 Å². The Kier molecular flexibility index (Phi) is 3.46. The van der Waals surface area contributed by atoms with Crippen molar-refractivity contribution in [3.63, 3.8) is 0 Å². The Bertz CT molecular complexity index is 139. The molecule has 12 heavy (non-hydrogen) atoms. The third-order valence-corrected chi connectivity index (χ3v) is 2.34. The Hall–Kier alpha value is -0.160. The first-order chi connectivity index (χ1) is 5.66. The topological polar surface area (TPSA) is 69.9 Å². The highest BCUT2D eigenvalue weighted by molar-refractivity contribution is 4.89. The molecule has 0 bridgehead atoms.